The minimum Gasteiger partial charge on any atom is -0.355 e. The number of hydrogen-bond acceptors (Lipinski definition) is 4. The van der Waals surface area contributed by atoms with Crippen molar-refractivity contribution in [1.82, 2.24) is 10.2 Å². The summed E-state index contributed by atoms with van der Waals surface area (Å²) in [6.45, 7) is 4.14. The first kappa shape index (κ1) is 15.7. The molecule has 3 heterocycles. The number of piperidine rings is 1. The first-order valence-corrected chi connectivity index (χ1v) is 9.59. The summed E-state index contributed by atoms with van der Waals surface area (Å²) in [6, 6.07) is 8.34. The molecular weight excluding hydrogens is 312 g/mol. The monoisotopic (exact) mass is 334 g/mol. The van der Waals surface area contributed by atoms with Crippen LogP contribution in [0.1, 0.15) is 22.6 Å². The molecule has 0 aromatic carbocycles. The second-order valence-electron chi connectivity index (χ2n) is 5.88. The molecule has 3 rings (SSSR count). The zero-order chi connectivity index (χ0) is 15.2. The van der Waals surface area contributed by atoms with Gasteiger partial charge in [0.2, 0.25) is 5.91 Å². The number of nitrogens with one attached hydrogen (secondary N) is 1. The van der Waals surface area contributed by atoms with Gasteiger partial charge in [0.15, 0.2) is 0 Å². The largest absolute Gasteiger partial charge is 0.355 e. The standard InChI is InChI=1S/C17H22N2OS2/c20-17(10-15-5-2-8-21-15)18-11-14-4-1-7-19(12-14)13-16-6-3-9-22-16/h2-3,5-6,8-9,14H,1,4,7,10-13H2,(H,18,20)/t14-/m1/s1. The molecule has 0 radical (unpaired) electrons. The van der Waals surface area contributed by atoms with Crippen molar-refractivity contribution in [3.63, 3.8) is 0 Å². The topological polar surface area (TPSA) is 32.3 Å². The summed E-state index contributed by atoms with van der Waals surface area (Å²) >= 11 is 3.48. The summed E-state index contributed by atoms with van der Waals surface area (Å²) < 4.78 is 0. The van der Waals surface area contributed by atoms with E-state index < -0.39 is 0 Å². The lowest BCUT2D eigenvalue weighted by Crippen LogP contribution is -2.40. The molecule has 1 fully saturated rings. The maximum Gasteiger partial charge on any atom is 0.225 e. The van der Waals surface area contributed by atoms with Gasteiger partial charge in [0.25, 0.3) is 0 Å². The minimum absolute atomic E-state index is 0.151. The van der Waals surface area contributed by atoms with Crippen molar-refractivity contribution in [1.29, 1.82) is 0 Å². The lowest BCUT2D eigenvalue weighted by atomic mass is 9.98. The number of likely N-dealkylation sites (tertiary alicyclic amines) is 1. The third-order valence-corrected chi connectivity index (χ3v) is 5.80. The molecule has 0 aliphatic carbocycles. The van der Waals surface area contributed by atoms with Crippen LogP contribution in [-0.2, 0) is 17.8 Å². The van der Waals surface area contributed by atoms with Crippen LogP contribution >= 0.6 is 22.7 Å². The Morgan fingerprint density at radius 3 is 2.73 bits per heavy atom. The normalized spacial score (nSPS) is 19.2. The molecule has 1 aliphatic rings. The van der Waals surface area contributed by atoms with Gasteiger partial charge in [0.1, 0.15) is 0 Å². The number of nitrogens with zero attached hydrogens (tertiary/aromatic N) is 1. The van der Waals surface area contributed by atoms with Gasteiger partial charge in [0.05, 0.1) is 6.42 Å². The summed E-state index contributed by atoms with van der Waals surface area (Å²) in [5.74, 6) is 0.735. The molecule has 118 valence electrons. The summed E-state index contributed by atoms with van der Waals surface area (Å²) in [7, 11) is 0. The van der Waals surface area contributed by atoms with Gasteiger partial charge in [-0.25, -0.2) is 0 Å². The van der Waals surface area contributed by atoms with Crippen molar-refractivity contribution in [3.8, 4) is 0 Å². The van der Waals surface area contributed by atoms with E-state index in [4.69, 9.17) is 0 Å². The van der Waals surface area contributed by atoms with Crippen LogP contribution in [0.5, 0.6) is 0 Å². The number of amides is 1. The van der Waals surface area contributed by atoms with E-state index in [9.17, 15) is 4.79 Å². The molecule has 5 heteroatoms. The van der Waals surface area contributed by atoms with Gasteiger partial charge in [-0.15, -0.1) is 22.7 Å². The van der Waals surface area contributed by atoms with E-state index in [1.165, 1.54) is 24.3 Å². The fourth-order valence-corrected chi connectivity index (χ4v) is 4.43. The summed E-state index contributed by atoms with van der Waals surface area (Å²) in [4.78, 5) is 17.1. The van der Waals surface area contributed by atoms with Gasteiger partial charge in [0, 0.05) is 29.4 Å². The first-order valence-electron chi connectivity index (χ1n) is 7.83. The zero-order valence-corrected chi connectivity index (χ0v) is 14.3. The van der Waals surface area contributed by atoms with Gasteiger partial charge in [-0.3, -0.25) is 9.69 Å². The zero-order valence-electron chi connectivity index (χ0n) is 12.7. The molecular formula is C17H22N2OS2. The maximum absolute atomic E-state index is 12.0. The molecule has 1 amide bonds. The van der Waals surface area contributed by atoms with Crippen molar-refractivity contribution in [2.24, 2.45) is 5.92 Å². The van der Waals surface area contributed by atoms with Crippen LogP contribution in [0.15, 0.2) is 35.0 Å². The second-order valence-corrected chi connectivity index (χ2v) is 7.95. The Balaban J connectivity index is 1.41. The number of rotatable bonds is 6. The summed E-state index contributed by atoms with van der Waals surface area (Å²) in [5.41, 5.74) is 0. The Kier molecular flexibility index (Phi) is 5.64. The molecule has 22 heavy (non-hydrogen) atoms. The van der Waals surface area contributed by atoms with Crippen LogP contribution in [0.25, 0.3) is 0 Å². The van der Waals surface area contributed by atoms with Crippen LogP contribution in [0.4, 0.5) is 0 Å². The highest BCUT2D eigenvalue weighted by molar-refractivity contribution is 7.10. The van der Waals surface area contributed by atoms with E-state index in [-0.39, 0.29) is 5.91 Å². The summed E-state index contributed by atoms with van der Waals surface area (Å²) in [5, 5.41) is 7.27. The molecule has 2 aromatic heterocycles. The van der Waals surface area contributed by atoms with Crippen LogP contribution in [0, 0.1) is 5.92 Å². The molecule has 1 N–H and O–H groups in total. The van der Waals surface area contributed by atoms with Crippen molar-refractivity contribution in [3.05, 3.63) is 44.8 Å². The predicted molar refractivity (Wildman–Crippen MR) is 93.4 cm³/mol. The quantitative estimate of drug-likeness (QED) is 0.878. The van der Waals surface area contributed by atoms with E-state index in [0.717, 1.165) is 24.5 Å². The van der Waals surface area contributed by atoms with Crippen molar-refractivity contribution < 1.29 is 4.79 Å². The first-order chi connectivity index (χ1) is 10.8. The highest BCUT2D eigenvalue weighted by Gasteiger charge is 2.20. The predicted octanol–water partition coefficient (Wildman–Crippen LogP) is 3.38. The van der Waals surface area contributed by atoms with E-state index in [2.05, 4.69) is 27.7 Å². The van der Waals surface area contributed by atoms with Gasteiger partial charge in [-0.1, -0.05) is 12.1 Å². The SMILES string of the molecule is O=C(Cc1cccs1)NC[C@H]1CCCN(Cc2cccs2)C1. The van der Waals surface area contributed by atoms with E-state index in [1.807, 2.05) is 28.8 Å². The van der Waals surface area contributed by atoms with Gasteiger partial charge >= 0.3 is 0 Å². The average molecular weight is 335 g/mol. The molecule has 3 nitrogen and oxygen atoms in total. The summed E-state index contributed by atoms with van der Waals surface area (Å²) in [6.07, 6.45) is 2.97. The van der Waals surface area contributed by atoms with E-state index in [1.54, 1.807) is 11.3 Å². The number of carbonyl (C=O) groups excluding carboxylic acids is 1. The average Bonchev–Trinajstić information content (AvgIpc) is 3.19. The Morgan fingerprint density at radius 1 is 1.23 bits per heavy atom. The second kappa shape index (κ2) is 7.90. The molecule has 0 unspecified atom stereocenters. The van der Waals surface area contributed by atoms with Crippen molar-refractivity contribution in [2.75, 3.05) is 19.6 Å². The molecule has 1 atom stereocenters. The number of thiophene rings is 2. The minimum atomic E-state index is 0.151. The lowest BCUT2D eigenvalue weighted by molar-refractivity contribution is -0.120. The van der Waals surface area contributed by atoms with Crippen molar-refractivity contribution in [2.45, 2.75) is 25.8 Å². The fourth-order valence-electron chi connectivity index (χ4n) is 2.98. The molecule has 0 saturated carbocycles. The van der Waals surface area contributed by atoms with E-state index in [0.29, 0.717) is 12.3 Å². The number of hydrogen-bond donors (Lipinski definition) is 1. The Bertz CT molecular complexity index is 566. The molecule has 0 spiro atoms. The Labute approximate surface area is 140 Å². The van der Waals surface area contributed by atoms with Gasteiger partial charge < -0.3 is 5.32 Å². The van der Waals surface area contributed by atoms with Crippen LogP contribution < -0.4 is 5.32 Å². The third-order valence-electron chi connectivity index (χ3n) is 4.07. The van der Waals surface area contributed by atoms with Gasteiger partial charge in [-0.05, 0) is 48.2 Å². The molecule has 1 aliphatic heterocycles. The fraction of sp³-hybridized carbons (Fsp3) is 0.471. The lowest BCUT2D eigenvalue weighted by Gasteiger charge is -2.32. The molecule has 0 bridgehead atoms. The number of carbonyl (C=O) groups is 1. The van der Waals surface area contributed by atoms with Crippen LogP contribution in [0.3, 0.4) is 0 Å². The van der Waals surface area contributed by atoms with Gasteiger partial charge in [-0.2, -0.15) is 0 Å². The smallest absolute Gasteiger partial charge is 0.225 e. The highest BCUT2D eigenvalue weighted by Crippen LogP contribution is 2.20. The van der Waals surface area contributed by atoms with Crippen LogP contribution in [0.2, 0.25) is 0 Å². The molecule has 1 saturated heterocycles. The molecule has 2 aromatic rings. The Morgan fingerprint density at radius 2 is 2.00 bits per heavy atom. The van der Waals surface area contributed by atoms with Crippen molar-refractivity contribution >= 4 is 28.6 Å². The maximum atomic E-state index is 12.0. The third kappa shape index (κ3) is 4.66. The Hall–Kier alpha value is -1.17. The highest BCUT2D eigenvalue weighted by atomic mass is 32.1. The van der Waals surface area contributed by atoms with E-state index >= 15 is 0 Å². The van der Waals surface area contributed by atoms with Crippen LogP contribution in [-0.4, -0.2) is 30.4 Å².